The fourth-order valence-electron chi connectivity index (χ4n) is 2.35. The Hall–Kier alpha value is -1.55. The molecule has 20 heavy (non-hydrogen) atoms. The Morgan fingerprint density at radius 3 is 2.70 bits per heavy atom. The van der Waals surface area contributed by atoms with Crippen LogP contribution in [0.3, 0.4) is 0 Å². The zero-order chi connectivity index (χ0) is 14.7. The number of nitrogens with two attached hydrogens (primary N) is 1. The highest BCUT2D eigenvalue weighted by Gasteiger charge is 2.33. The van der Waals surface area contributed by atoms with Crippen molar-refractivity contribution in [3.63, 3.8) is 0 Å². The molecule has 1 aromatic rings. The van der Waals surface area contributed by atoms with Gasteiger partial charge in [0.1, 0.15) is 0 Å². The molecule has 3 N–H and O–H groups in total. The number of amides is 1. The molecular formula is C16H25N3O. The number of benzene rings is 1. The van der Waals surface area contributed by atoms with Gasteiger partial charge in [-0.25, -0.2) is 0 Å². The average molecular weight is 275 g/mol. The molecule has 0 unspecified atom stereocenters. The minimum absolute atomic E-state index is 0.102. The van der Waals surface area contributed by atoms with Crippen molar-refractivity contribution in [3.8, 4) is 0 Å². The third kappa shape index (κ3) is 3.51. The van der Waals surface area contributed by atoms with Gasteiger partial charge in [-0.1, -0.05) is 25.5 Å². The molecule has 0 saturated heterocycles. The van der Waals surface area contributed by atoms with Crippen LogP contribution in [0.25, 0.3) is 0 Å². The summed E-state index contributed by atoms with van der Waals surface area (Å²) < 4.78 is 0. The first kappa shape index (κ1) is 14.9. The summed E-state index contributed by atoms with van der Waals surface area (Å²) in [5, 5.41) is 0. The molecular weight excluding hydrogens is 250 g/mol. The number of carbonyl (C=O) groups is 1. The standard InChI is InChI=1S/C16H25N3O/c1-11(2)8-9-19(13-5-6-13)16(20)14-10-12(3)4-7-15(14)18-17/h4,7,10-11,13,18H,5-6,8-9,17H2,1-3H3. The molecule has 1 aliphatic carbocycles. The number of anilines is 1. The van der Waals surface area contributed by atoms with Gasteiger partial charge in [0.2, 0.25) is 0 Å². The van der Waals surface area contributed by atoms with E-state index in [0.717, 1.165) is 31.4 Å². The predicted molar refractivity (Wildman–Crippen MR) is 82.5 cm³/mol. The first-order valence-corrected chi connectivity index (χ1v) is 7.41. The number of hydrogen-bond donors (Lipinski definition) is 2. The van der Waals surface area contributed by atoms with E-state index in [-0.39, 0.29) is 5.91 Å². The minimum atomic E-state index is 0.102. The highest BCUT2D eigenvalue weighted by Crippen LogP contribution is 2.30. The van der Waals surface area contributed by atoms with Gasteiger partial charge in [0.05, 0.1) is 11.3 Å². The molecule has 0 bridgehead atoms. The molecule has 2 rings (SSSR count). The number of nitrogens with zero attached hydrogens (tertiary/aromatic N) is 1. The van der Waals surface area contributed by atoms with E-state index >= 15 is 0 Å². The lowest BCUT2D eigenvalue weighted by molar-refractivity contribution is 0.0736. The van der Waals surface area contributed by atoms with Gasteiger partial charge in [0, 0.05) is 12.6 Å². The summed E-state index contributed by atoms with van der Waals surface area (Å²) in [6.07, 6.45) is 3.29. The van der Waals surface area contributed by atoms with Crippen LogP contribution in [0.4, 0.5) is 5.69 Å². The highest BCUT2D eigenvalue weighted by atomic mass is 16.2. The topological polar surface area (TPSA) is 58.4 Å². The number of nitrogen functional groups attached to an aromatic ring is 1. The summed E-state index contributed by atoms with van der Waals surface area (Å²) in [6, 6.07) is 6.17. The van der Waals surface area contributed by atoms with Crippen LogP contribution in [-0.4, -0.2) is 23.4 Å². The number of nitrogens with one attached hydrogen (secondary N) is 1. The zero-order valence-electron chi connectivity index (χ0n) is 12.6. The monoisotopic (exact) mass is 275 g/mol. The summed E-state index contributed by atoms with van der Waals surface area (Å²) in [6.45, 7) is 7.20. The van der Waals surface area contributed by atoms with Crippen LogP contribution in [0.1, 0.15) is 49.0 Å². The lowest BCUT2D eigenvalue weighted by Crippen LogP contribution is -2.35. The molecule has 1 amide bonds. The molecule has 0 heterocycles. The van der Waals surface area contributed by atoms with Crippen molar-refractivity contribution in [2.45, 2.75) is 46.1 Å². The van der Waals surface area contributed by atoms with Gasteiger partial charge in [0.15, 0.2) is 0 Å². The molecule has 110 valence electrons. The van der Waals surface area contributed by atoms with Crippen LogP contribution in [0, 0.1) is 12.8 Å². The van der Waals surface area contributed by atoms with E-state index in [1.807, 2.05) is 30.0 Å². The number of aryl methyl sites for hydroxylation is 1. The summed E-state index contributed by atoms with van der Waals surface area (Å²) >= 11 is 0. The maximum Gasteiger partial charge on any atom is 0.256 e. The summed E-state index contributed by atoms with van der Waals surface area (Å²) in [5.41, 5.74) is 5.10. The van der Waals surface area contributed by atoms with Crippen molar-refractivity contribution in [3.05, 3.63) is 29.3 Å². The Kier molecular flexibility index (Phi) is 4.65. The van der Waals surface area contributed by atoms with Gasteiger partial charge < -0.3 is 10.3 Å². The van der Waals surface area contributed by atoms with E-state index in [0.29, 0.717) is 23.2 Å². The highest BCUT2D eigenvalue weighted by molar-refractivity contribution is 6.00. The first-order chi connectivity index (χ1) is 9.52. The zero-order valence-corrected chi connectivity index (χ0v) is 12.6. The van der Waals surface area contributed by atoms with Crippen molar-refractivity contribution in [2.24, 2.45) is 11.8 Å². The lowest BCUT2D eigenvalue weighted by atomic mass is 10.1. The normalized spacial score (nSPS) is 14.4. The van der Waals surface area contributed by atoms with E-state index in [2.05, 4.69) is 19.3 Å². The molecule has 0 atom stereocenters. The molecule has 1 aliphatic rings. The van der Waals surface area contributed by atoms with Crippen molar-refractivity contribution >= 4 is 11.6 Å². The molecule has 4 nitrogen and oxygen atoms in total. The van der Waals surface area contributed by atoms with Gasteiger partial charge in [-0.15, -0.1) is 0 Å². The minimum Gasteiger partial charge on any atom is -0.336 e. The lowest BCUT2D eigenvalue weighted by Gasteiger charge is -2.24. The fraction of sp³-hybridized carbons (Fsp3) is 0.562. The van der Waals surface area contributed by atoms with E-state index in [9.17, 15) is 4.79 Å². The van der Waals surface area contributed by atoms with Crippen molar-refractivity contribution in [1.29, 1.82) is 0 Å². The maximum atomic E-state index is 12.8. The van der Waals surface area contributed by atoms with Crippen LogP contribution >= 0.6 is 0 Å². The molecule has 0 aromatic heterocycles. The third-order valence-electron chi connectivity index (χ3n) is 3.76. The summed E-state index contributed by atoms with van der Waals surface area (Å²) in [7, 11) is 0. The van der Waals surface area contributed by atoms with Crippen LogP contribution in [-0.2, 0) is 0 Å². The third-order valence-corrected chi connectivity index (χ3v) is 3.76. The number of rotatable bonds is 6. The Balaban J connectivity index is 2.20. The predicted octanol–water partition coefficient (Wildman–Crippen LogP) is 2.93. The van der Waals surface area contributed by atoms with Crippen molar-refractivity contribution in [1.82, 2.24) is 4.90 Å². The second-order valence-corrected chi connectivity index (χ2v) is 6.11. The van der Waals surface area contributed by atoms with Gasteiger partial charge in [-0.05, 0) is 44.2 Å². The van der Waals surface area contributed by atoms with E-state index < -0.39 is 0 Å². The van der Waals surface area contributed by atoms with Crippen LogP contribution < -0.4 is 11.3 Å². The molecule has 1 aromatic carbocycles. The van der Waals surface area contributed by atoms with Gasteiger partial charge in [-0.3, -0.25) is 10.6 Å². The van der Waals surface area contributed by atoms with Gasteiger partial charge in [-0.2, -0.15) is 0 Å². The van der Waals surface area contributed by atoms with Crippen LogP contribution in [0.2, 0.25) is 0 Å². The van der Waals surface area contributed by atoms with Crippen molar-refractivity contribution in [2.75, 3.05) is 12.0 Å². The maximum absolute atomic E-state index is 12.8. The van der Waals surface area contributed by atoms with E-state index in [1.165, 1.54) is 0 Å². The molecule has 0 spiro atoms. The summed E-state index contributed by atoms with van der Waals surface area (Å²) in [4.78, 5) is 14.8. The number of hydrazine groups is 1. The Morgan fingerprint density at radius 2 is 2.15 bits per heavy atom. The average Bonchev–Trinajstić information content (AvgIpc) is 3.23. The van der Waals surface area contributed by atoms with E-state index in [1.54, 1.807) is 0 Å². The van der Waals surface area contributed by atoms with Gasteiger partial charge in [0.25, 0.3) is 5.91 Å². The smallest absolute Gasteiger partial charge is 0.256 e. The Bertz CT molecular complexity index is 481. The fourth-order valence-corrected chi connectivity index (χ4v) is 2.35. The second kappa shape index (κ2) is 6.27. The van der Waals surface area contributed by atoms with Crippen LogP contribution in [0.5, 0.6) is 0 Å². The first-order valence-electron chi connectivity index (χ1n) is 7.41. The molecule has 0 aliphatic heterocycles. The van der Waals surface area contributed by atoms with Crippen molar-refractivity contribution < 1.29 is 4.79 Å². The van der Waals surface area contributed by atoms with Crippen LogP contribution in [0.15, 0.2) is 18.2 Å². The largest absolute Gasteiger partial charge is 0.336 e. The number of hydrogen-bond acceptors (Lipinski definition) is 3. The van der Waals surface area contributed by atoms with E-state index in [4.69, 9.17) is 5.84 Å². The molecule has 1 fully saturated rings. The summed E-state index contributed by atoms with van der Waals surface area (Å²) in [5.74, 6) is 6.24. The quantitative estimate of drug-likeness (QED) is 0.620. The molecule has 0 radical (unpaired) electrons. The van der Waals surface area contributed by atoms with Gasteiger partial charge >= 0.3 is 0 Å². The second-order valence-electron chi connectivity index (χ2n) is 6.11. The Labute approximate surface area is 121 Å². The molecule has 1 saturated carbocycles. The SMILES string of the molecule is Cc1ccc(NN)c(C(=O)N(CCC(C)C)C2CC2)c1. The Morgan fingerprint density at radius 1 is 1.45 bits per heavy atom. The molecule has 4 heteroatoms. The number of carbonyl (C=O) groups excluding carboxylic acids is 1.